The molecule has 1 unspecified atom stereocenters. The van der Waals surface area contributed by atoms with E-state index in [9.17, 15) is 0 Å². The fourth-order valence-corrected chi connectivity index (χ4v) is 3.95. The van der Waals surface area contributed by atoms with Crippen molar-refractivity contribution in [2.45, 2.75) is 12.6 Å². The van der Waals surface area contributed by atoms with Crippen LogP contribution < -0.4 is 5.73 Å². The van der Waals surface area contributed by atoms with Gasteiger partial charge in [-0.05, 0) is 23.6 Å². The number of aromatic nitrogens is 2. The van der Waals surface area contributed by atoms with Crippen LogP contribution in [0.2, 0.25) is 0 Å². The summed E-state index contributed by atoms with van der Waals surface area (Å²) in [6.07, 6.45) is 0. The Morgan fingerprint density at radius 3 is 2.75 bits per heavy atom. The van der Waals surface area contributed by atoms with Gasteiger partial charge in [-0.2, -0.15) is 0 Å². The zero-order valence-electron chi connectivity index (χ0n) is 13.6. The summed E-state index contributed by atoms with van der Waals surface area (Å²) < 4.78 is 7.73. The molecule has 1 aromatic carbocycles. The number of imidazole rings is 1. The highest BCUT2D eigenvalue weighted by Crippen LogP contribution is 2.26. The van der Waals surface area contributed by atoms with Gasteiger partial charge in [0.2, 0.25) is 0 Å². The minimum Gasteiger partial charge on any atom is -0.379 e. The summed E-state index contributed by atoms with van der Waals surface area (Å²) in [5.41, 5.74) is 8.70. The predicted octanol–water partition coefficient (Wildman–Crippen LogP) is 2.48. The van der Waals surface area contributed by atoms with E-state index in [-0.39, 0.29) is 6.04 Å². The normalized spacial score (nSPS) is 17.4. The van der Waals surface area contributed by atoms with E-state index in [1.807, 2.05) is 12.1 Å². The number of nitrogens with zero attached hydrogens (tertiary/aromatic N) is 3. The molecule has 126 valence electrons. The third-order valence-electron chi connectivity index (χ3n) is 4.56. The SMILES string of the molecule is NC(c1cccs1)c1nc2ccccc2n1CCN1CCOCC1. The largest absolute Gasteiger partial charge is 0.379 e. The summed E-state index contributed by atoms with van der Waals surface area (Å²) in [6, 6.07) is 12.2. The number of ether oxygens (including phenoxy) is 1. The molecular weight excluding hydrogens is 320 g/mol. The van der Waals surface area contributed by atoms with Crippen molar-refractivity contribution >= 4 is 22.4 Å². The standard InChI is InChI=1S/C18H22N4OS/c19-17(16-6-3-13-24-16)18-20-14-4-1-2-5-15(14)22(18)8-7-21-9-11-23-12-10-21/h1-6,13,17H,7-12,19H2. The van der Waals surface area contributed by atoms with Gasteiger partial charge in [-0.25, -0.2) is 4.98 Å². The van der Waals surface area contributed by atoms with E-state index in [1.54, 1.807) is 11.3 Å². The maximum atomic E-state index is 6.53. The van der Waals surface area contributed by atoms with E-state index in [0.717, 1.165) is 61.1 Å². The minimum absolute atomic E-state index is 0.179. The molecule has 0 bridgehead atoms. The number of morpholine rings is 1. The van der Waals surface area contributed by atoms with Crippen LogP contribution in [0.5, 0.6) is 0 Å². The van der Waals surface area contributed by atoms with Crippen molar-refractivity contribution in [1.82, 2.24) is 14.5 Å². The third kappa shape index (κ3) is 3.10. The first kappa shape index (κ1) is 15.8. The average Bonchev–Trinajstić information content (AvgIpc) is 3.28. The molecule has 5 nitrogen and oxygen atoms in total. The molecule has 2 aromatic heterocycles. The van der Waals surface area contributed by atoms with Crippen molar-refractivity contribution in [2.75, 3.05) is 32.8 Å². The number of nitrogens with two attached hydrogens (primary N) is 1. The molecule has 6 heteroatoms. The summed E-state index contributed by atoms with van der Waals surface area (Å²) in [5.74, 6) is 0.951. The van der Waals surface area contributed by atoms with E-state index in [0.29, 0.717) is 0 Å². The van der Waals surface area contributed by atoms with Crippen LogP contribution in [-0.2, 0) is 11.3 Å². The Morgan fingerprint density at radius 1 is 1.12 bits per heavy atom. The molecule has 1 saturated heterocycles. The Balaban J connectivity index is 1.65. The lowest BCUT2D eigenvalue weighted by atomic mass is 10.2. The van der Waals surface area contributed by atoms with Gasteiger partial charge in [0.25, 0.3) is 0 Å². The molecule has 0 amide bonds. The quantitative estimate of drug-likeness (QED) is 0.774. The maximum Gasteiger partial charge on any atom is 0.132 e. The van der Waals surface area contributed by atoms with Crippen LogP contribution in [0.25, 0.3) is 11.0 Å². The minimum atomic E-state index is -0.179. The van der Waals surface area contributed by atoms with Gasteiger partial charge in [-0.3, -0.25) is 4.90 Å². The number of hydrogen-bond acceptors (Lipinski definition) is 5. The van der Waals surface area contributed by atoms with Gasteiger partial charge in [0.05, 0.1) is 30.3 Å². The number of benzene rings is 1. The second-order valence-corrected chi connectivity index (χ2v) is 7.04. The number of rotatable bonds is 5. The monoisotopic (exact) mass is 342 g/mol. The molecule has 1 aliphatic heterocycles. The number of fused-ring (bicyclic) bond motifs is 1. The smallest absolute Gasteiger partial charge is 0.132 e. The summed E-state index contributed by atoms with van der Waals surface area (Å²) >= 11 is 1.69. The van der Waals surface area contributed by atoms with Gasteiger partial charge >= 0.3 is 0 Å². The van der Waals surface area contributed by atoms with Crippen molar-refractivity contribution < 1.29 is 4.74 Å². The second kappa shape index (κ2) is 7.03. The maximum absolute atomic E-state index is 6.53. The fraction of sp³-hybridized carbons (Fsp3) is 0.389. The third-order valence-corrected chi connectivity index (χ3v) is 5.51. The van der Waals surface area contributed by atoms with Crippen LogP contribution in [0, 0.1) is 0 Å². The summed E-state index contributed by atoms with van der Waals surface area (Å²) in [7, 11) is 0. The molecule has 0 spiro atoms. The van der Waals surface area contributed by atoms with Crippen molar-refractivity contribution in [3.63, 3.8) is 0 Å². The van der Waals surface area contributed by atoms with E-state index in [2.05, 4.69) is 39.1 Å². The highest BCUT2D eigenvalue weighted by molar-refractivity contribution is 7.10. The zero-order valence-corrected chi connectivity index (χ0v) is 14.4. The average molecular weight is 342 g/mol. The van der Waals surface area contributed by atoms with Crippen LogP contribution in [0.4, 0.5) is 0 Å². The first-order valence-corrected chi connectivity index (χ1v) is 9.25. The second-order valence-electron chi connectivity index (χ2n) is 6.06. The molecule has 0 radical (unpaired) electrons. The highest BCUT2D eigenvalue weighted by Gasteiger charge is 2.20. The molecule has 1 atom stereocenters. The Hall–Kier alpha value is -1.73. The highest BCUT2D eigenvalue weighted by atomic mass is 32.1. The van der Waals surface area contributed by atoms with Crippen molar-refractivity contribution in [3.05, 3.63) is 52.5 Å². The summed E-state index contributed by atoms with van der Waals surface area (Å²) in [5, 5.41) is 2.07. The number of para-hydroxylation sites is 2. The van der Waals surface area contributed by atoms with Crippen LogP contribution in [0.1, 0.15) is 16.7 Å². The zero-order chi connectivity index (χ0) is 16.4. The van der Waals surface area contributed by atoms with Crippen molar-refractivity contribution in [1.29, 1.82) is 0 Å². The molecule has 24 heavy (non-hydrogen) atoms. The molecule has 4 rings (SSSR count). The Bertz CT molecular complexity index is 793. The van der Waals surface area contributed by atoms with Crippen LogP contribution in [0.15, 0.2) is 41.8 Å². The lowest BCUT2D eigenvalue weighted by Crippen LogP contribution is -2.38. The fourth-order valence-electron chi connectivity index (χ4n) is 3.23. The topological polar surface area (TPSA) is 56.3 Å². The summed E-state index contributed by atoms with van der Waals surface area (Å²) in [4.78, 5) is 8.43. The van der Waals surface area contributed by atoms with Gasteiger partial charge in [0.1, 0.15) is 5.82 Å². The van der Waals surface area contributed by atoms with E-state index < -0.39 is 0 Å². The summed E-state index contributed by atoms with van der Waals surface area (Å²) in [6.45, 7) is 5.54. The molecule has 1 aliphatic rings. The van der Waals surface area contributed by atoms with Crippen molar-refractivity contribution in [2.24, 2.45) is 5.73 Å². The van der Waals surface area contributed by atoms with Gasteiger partial charge in [0, 0.05) is 31.1 Å². The first-order valence-electron chi connectivity index (χ1n) is 8.37. The molecule has 0 aliphatic carbocycles. The number of hydrogen-bond donors (Lipinski definition) is 1. The van der Waals surface area contributed by atoms with E-state index in [4.69, 9.17) is 15.5 Å². The molecule has 3 aromatic rings. The van der Waals surface area contributed by atoms with Gasteiger partial charge in [-0.15, -0.1) is 11.3 Å². The van der Waals surface area contributed by atoms with Crippen LogP contribution >= 0.6 is 11.3 Å². The van der Waals surface area contributed by atoms with E-state index >= 15 is 0 Å². The van der Waals surface area contributed by atoms with Crippen LogP contribution in [0.3, 0.4) is 0 Å². The van der Waals surface area contributed by atoms with Crippen molar-refractivity contribution in [3.8, 4) is 0 Å². The Kier molecular flexibility index (Phi) is 4.62. The Morgan fingerprint density at radius 2 is 1.96 bits per heavy atom. The molecular formula is C18H22N4OS. The Labute approximate surface area is 145 Å². The van der Waals surface area contributed by atoms with E-state index in [1.165, 1.54) is 0 Å². The lowest BCUT2D eigenvalue weighted by Gasteiger charge is -2.27. The van der Waals surface area contributed by atoms with Gasteiger partial charge < -0.3 is 15.0 Å². The van der Waals surface area contributed by atoms with Gasteiger partial charge in [0.15, 0.2) is 0 Å². The molecule has 3 heterocycles. The number of thiophene rings is 1. The molecule has 1 fully saturated rings. The molecule has 0 saturated carbocycles. The lowest BCUT2D eigenvalue weighted by molar-refractivity contribution is 0.0364. The van der Waals surface area contributed by atoms with Gasteiger partial charge in [-0.1, -0.05) is 18.2 Å². The first-order chi connectivity index (χ1) is 11.8. The molecule has 2 N–H and O–H groups in total. The predicted molar refractivity (Wildman–Crippen MR) is 97.3 cm³/mol. The van der Waals surface area contributed by atoms with Crippen LogP contribution in [-0.4, -0.2) is 47.3 Å².